The van der Waals surface area contributed by atoms with Crippen molar-refractivity contribution in [1.29, 1.82) is 0 Å². The lowest BCUT2D eigenvalue weighted by molar-refractivity contribution is 0.0730. The molecule has 21 heavy (non-hydrogen) atoms. The average Bonchev–Trinajstić information content (AvgIpc) is 3.10. The molecule has 0 saturated carbocycles. The number of fused-ring (bicyclic) bond motifs is 1. The molecule has 7 heteroatoms. The van der Waals surface area contributed by atoms with Crippen LogP contribution in [0.5, 0.6) is 0 Å². The van der Waals surface area contributed by atoms with Crippen molar-refractivity contribution in [3.05, 3.63) is 17.1 Å². The van der Waals surface area contributed by atoms with E-state index < -0.39 is 0 Å². The van der Waals surface area contributed by atoms with Crippen LogP contribution >= 0.6 is 11.3 Å². The number of hydrogen-bond donors (Lipinski definition) is 2. The van der Waals surface area contributed by atoms with Gasteiger partial charge >= 0.3 is 0 Å². The third-order valence-electron chi connectivity index (χ3n) is 3.95. The highest BCUT2D eigenvalue weighted by molar-refractivity contribution is 7.21. The van der Waals surface area contributed by atoms with Crippen LogP contribution in [0.4, 0.5) is 5.69 Å². The number of likely N-dealkylation sites (tertiary alicyclic amines) is 1. The number of nitrogens with two attached hydrogens (primary N) is 1. The molecular weight excluding hydrogens is 288 g/mol. The molecule has 112 valence electrons. The van der Waals surface area contributed by atoms with E-state index in [0.717, 1.165) is 37.6 Å². The SMILES string of the molecule is Nc1c(C(=O)N2CCCC2CCCO)sc2nnccc12. The fourth-order valence-electron chi connectivity index (χ4n) is 2.89. The molecule has 3 heterocycles. The summed E-state index contributed by atoms with van der Waals surface area (Å²) < 4.78 is 0. The summed E-state index contributed by atoms with van der Waals surface area (Å²) >= 11 is 1.31. The van der Waals surface area contributed by atoms with E-state index in [0.29, 0.717) is 15.4 Å². The zero-order valence-corrected chi connectivity index (χ0v) is 12.5. The molecule has 1 aliphatic heterocycles. The van der Waals surface area contributed by atoms with Gasteiger partial charge in [0, 0.05) is 24.6 Å². The molecule has 0 bridgehead atoms. The Kier molecular flexibility index (Phi) is 4.03. The van der Waals surface area contributed by atoms with Crippen LogP contribution < -0.4 is 5.73 Å². The lowest BCUT2D eigenvalue weighted by Crippen LogP contribution is -2.35. The van der Waals surface area contributed by atoms with Gasteiger partial charge in [-0.1, -0.05) is 0 Å². The molecule has 0 aromatic carbocycles. The molecule has 1 unspecified atom stereocenters. The second-order valence-electron chi connectivity index (χ2n) is 5.26. The minimum Gasteiger partial charge on any atom is -0.397 e. The third-order valence-corrected chi connectivity index (χ3v) is 5.04. The van der Waals surface area contributed by atoms with Crippen molar-refractivity contribution in [2.75, 3.05) is 18.9 Å². The Balaban J connectivity index is 1.87. The minimum absolute atomic E-state index is 0.0176. The summed E-state index contributed by atoms with van der Waals surface area (Å²) in [5.74, 6) is -0.0176. The summed E-state index contributed by atoms with van der Waals surface area (Å²) in [6.07, 6.45) is 5.15. The first-order chi connectivity index (χ1) is 10.2. The molecule has 1 fully saturated rings. The van der Waals surface area contributed by atoms with Crippen molar-refractivity contribution in [3.63, 3.8) is 0 Å². The zero-order valence-electron chi connectivity index (χ0n) is 11.7. The van der Waals surface area contributed by atoms with Crippen LogP contribution in [0, 0.1) is 0 Å². The Hall–Kier alpha value is -1.73. The normalized spacial score (nSPS) is 18.5. The molecule has 1 atom stereocenters. The van der Waals surface area contributed by atoms with Gasteiger partial charge in [0.05, 0.1) is 11.9 Å². The van der Waals surface area contributed by atoms with E-state index in [-0.39, 0.29) is 18.6 Å². The molecule has 1 aliphatic rings. The quantitative estimate of drug-likeness (QED) is 0.896. The number of amides is 1. The van der Waals surface area contributed by atoms with Gasteiger partial charge in [0.25, 0.3) is 5.91 Å². The number of thiophene rings is 1. The highest BCUT2D eigenvalue weighted by atomic mass is 32.1. The molecule has 1 amide bonds. The summed E-state index contributed by atoms with van der Waals surface area (Å²) in [7, 11) is 0. The smallest absolute Gasteiger partial charge is 0.266 e. The van der Waals surface area contributed by atoms with E-state index in [1.54, 1.807) is 12.3 Å². The Morgan fingerprint density at radius 2 is 2.43 bits per heavy atom. The number of aliphatic hydroxyl groups excluding tert-OH is 1. The van der Waals surface area contributed by atoms with Gasteiger partial charge in [-0.2, -0.15) is 5.10 Å². The summed E-state index contributed by atoms with van der Waals surface area (Å²) in [6, 6.07) is 2.00. The predicted octanol–water partition coefficient (Wildman–Crippen LogP) is 1.65. The van der Waals surface area contributed by atoms with E-state index >= 15 is 0 Å². The first-order valence-electron chi connectivity index (χ1n) is 7.14. The van der Waals surface area contributed by atoms with E-state index in [1.165, 1.54) is 11.3 Å². The van der Waals surface area contributed by atoms with Crippen molar-refractivity contribution in [3.8, 4) is 0 Å². The van der Waals surface area contributed by atoms with Gasteiger partial charge in [-0.15, -0.1) is 16.4 Å². The topological polar surface area (TPSA) is 92.3 Å². The number of aromatic nitrogens is 2. The van der Waals surface area contributed by atoms with Crippen molar-refractivity contribution in [1.82, 2.24) is 15.1 Å². The largest absolute Gasteiger partial charge is 0.397 e. The number of aliphatic hydroxyl groups is 1. The first kappa shape index (κ1) is 14.2. The van der Waals surface area contributed by atoms with E-state index in [9.17, 15) is 4.79 Å². The summed E-state index contributed by atoms with van der Waals surface area (Å²) in [6.45, 7) is 0.924. The number of hydrogen-bond acceptors (Lipinski definition) is 6. The number of carbonyl (C=O) groups is 1. The highest BCUT2D eigenvalue weighted by Crippen LogP contribution is 2.34. The van der Waals surface area contributed by atoms with Gasteiger partial charge in [0.15, 0.2) is 0 Å². The number of anilines is 1. The third kappa shape index (κ3) is 2.58. The molecule has 3 N–H and O–H groups in total. The predicted molar refractivity (Wildman–Crippen MR) is 82.2 cm³/mol. The van der Waals surface area contributed by atoms with E-state index in [4.69, 9.17) is 10.8 Å². The van der Waals surface area contributed by atoms with Crippen LogP contribution in [0.1, 0.15) is 35.4 Å². The Labute approximate surface area is 126 Å². The average molecular weight is 306 g/mol. The molecular formula is C14H18N4O2S. The van der Waals surface area contributed by atoms with Gasteiger partial charge in [-0.25, -0.2) is 0 Å². The van der Waals surface area contributed by atoms with Gasteiger partial charge < -0.3 is 15.7 Å². The second kappa shape index (κ2) is 5.95. The van der Waals surface area contributed by atoms with Gasteiger partial charge in [0.2, 0.25) is 0 Å². The lowest BCUT2D eigenvalue weighted by Gasteiger charge is -2.24. The molecule has 0 aliphatic carbocycles. The number of nitrogen functional groups attached to an aromatic ring is 1. The van der Waals surface area contributed by atoms with Crippen LogP contribution in [0.25, 0.3) is 10.2 Å². The molecule has 1 saturated heterocycles. The standard InChI is InChI=1S/C14H18N4O2S/c15-11-10-5-6-16-17-13(10)21-12(11)14(20)18-7-1-3-9(18)4-2-8-19/h5-6,9,19H,1-4,7-8,15H2. The summed E-state index contributed by atoms with van der Waals surface area (Å²) in [4.78, 5) is 15.9. The molecule has 0 spiro atoms. The van der Waals surface area contributed by atoms with Gasteiger partial charge in [-0.05, 0) is 31.7 Å². The Bertz CT molecular complexity index is 657. The second-order valence-corrected chi connectivity index (χ2v) is 6.25. The fourth-order valence-corrected chi connectivity index (χ4v) is 3.89. The van der Waals surface area contributed by atoms with Crippen molar-refractivity contribution < 1.29 is 9.90 Å². The van der Waals surface area contributed by atoms with Crippen LogP contribution in [-0.2, 0) is 0 Å². The van der Waals surface area contributed by atoms with Crippen molar-refractivity contribution in [2.24, 2.45) is 0 Å². The highest BCUT2D eigenvalue weighted by Gasteiger charge is 2.31. The minimum atomic E-state index is -0.0176. The summed E-state index contributed by atoms with van der Waals surface area (Å²) in [5, 5.41) is 17.6. The molecule has 6 nitrogen and oxygen atoms in total. The maximum Gasteiger partial charge on any atom is 0.266 e. The first-order valence-corrected chi connectivity index (χ1v) is 7.95. The van der Waals surface area contributed by atoms with Crippen LogP contribution in [0.2, 0.25) is 0 Å². The van der Waals surface area contributed by atoms with E-state index in [1.807, 2.05) is 4.90 Å². The van der Waals surface area contributed by atoms with Gasteiger partial charge in [-0.3, -0.25) is 4.79 Å². The van der Waals surface area contributed by atoms with Crippen molar-refractivity contribution in [2.45, 2.75) is 31.7 Å². The maximum atomic E-state index is 12.8. The van der Waals surface area contributed by atoms with Crippen molar-refractivity contribution >= 4 is 33.1 Å². The number of carbonyl (C=O) groups excluding carboxylic acids is 1. The number of nitrogens with zero attached hydrogens (tertiary/aromatic N) is 3. The van der Waals surface area contributed by atoms with Crippen LogP contribution in [-0.4, -0.2) is 45.3 Å². The molecule has 0 radical (unpaired) electrons. The monoisotopic (exact) mass is 306 g/mol. The number of rotatable bonds is 4. The zero-order chi connectivity index (χ0) is 14.8. The molecule has 3 rings (SSSR count). The van der Waals surface area contributed by atoms with E-state index in [2.05, 4.69) is 10.2 Å². The molecule has 2 aromatic heterocycles. The maximum absolute atomic E-state index is 12.8. The fraction of sp³-hybridized carbons (Fsp3) is 0.500. The summed E-state index contributed by atoms with van der Waals surface area (Å²) in [5.41, 5.74) is 6.61. The van der Waals surface area contributed by atoms with Gasteiger partial charge in [0.1, 0.15) is 9.71 Å². The van der Waals surface area contributed by atoms with Crippen LogP contribution in [0.15, 0.2) is 12.3 Å². The molecule has 2 aromatic rings. The lowest BCUT2D eigenvalue weighted by atomic mass is 10.1. The Morgan fingerprint density at radius 1 is 1.57 bits per heavy atom. The van der Waals surface area contributed by atoms with Crippen LogP contribution in [0.3, 0.4) is 0 Å². The Morgan fingerprint density at radius 3 is 3.19 bits per heavy atom.